The molecule has 0 atom stereocenters. The van der Waals surface area contributed by atoms with Gasteiger partial charge >= 0.3 is 5.69 Å². The summed E-state index contributed by atoms with van der Waals surface area (Å²) in [6.07, 6.45) is 1.62. The van der Waals surface area contributed by atoms with Crippen LogP contribution in [0, 0.1) is 10.1 Å². The molecule has 0 bridgehead atoms. The average Bonchev–Trinajstić information content (AvgIpc) is 2.96. The molecule has 0 fully saturated rings. The van der Waals surface area contributed by atoms with Crippen LogP contribution in [0.5, 0.6) is 0 Å². The largest absolute Gasteiger partial charge is 0.347 e. The van der Waals surface area contributed by atoms with Crippen molar-refractivity contribution in [2.75, 3.05) is 5.43 Å². The predicted molar refractivity (Wildman–Crippen MR) is 74.2 cm³/mol. The van der Waals surface area contributed by atoms with Gasteiger partial charge in [0.2, 0.25) is 0 Å². The zero-order valence-electron chi connectivity index (χ0n) is 10.2. The van der Waals surface area contributed by atoms with Gasteiger partial charge in [-0.25, -0.2) is 0 Å². The molecule has 2 aromatic rings. The number of para-hydroxylation sites is 1. The summed E-state index contributed by atoms with van der Waals surface area (Å²) in [5.74, 6) is 4.68. The quantitative estimate of drug-likeness (QED) is 0.433. The average molecular weight is 293 g/mol. The summed E-state index contributed by atoms with van der Waals surface area (Å²) >= 11 is 1.39. The van der Waals surface area contributed by atoms with Gasteiger partial charge < -0.3 is 10.7 Å². The fourth-order valence-electron chi connectivity index (χ4n) is 1.63. The van der Waals surface area contributed by atoms with Crippen LogP contribution in [0.4, 0.5) is 11.4 Å². The number of nitrogens with two attached hydrogens (primary N) is 1. The Morgan fingerprint density at radius 2 is 2.30 bits per heavy atom. The molecule has 1 aromatic heterocycles. The third-order valence-corrected chi connectivity index (χ3v) is 3.30. The van der Waals surface area contributed by atoms with E-state index >= 15 is 0 Å². The number of nitro groups is 1. The SMILES string of the molecule is NNc1cccc(C(=O)NCc2cncs2)c1[N+](=O)[O-]. The number of nitrogen functional groups attached to an aromatic ring is 1. The van der Waals surface area contributed by atoms with Crippen molar-refractivity contribution in [3.63, 3.8) is 0 Å². The van der Waals surface area contributed by atoms with E-state index in [1.165, 1.54) is 29.5 Å². The molecule has 0 radical (unpaired) electrons. The zero-order chi connectivity index (χ0) is 14.5. The summed E-state index contributed by atoms with van der Waals surface area (Å²) in [7, 11) is 0. The van der Waals surface area contributed by atoms with Crippen LogP contribution in [0.3, 0.4) is 0 Å². The maximum absolute atomic E-state index is 12.0. The molecule has 2 rings (SSSR count). The Bertz CT molecular complexity index is 629. The molecule has 9 heteroatoms. The van der Waals surface area contributed by atoms with Crippen LogP contribution < -0.4 is 16.6 Å². The van der Waals surface area contributed by atoms with Crippen molar-refractivity contribution in [3.05, 3.63) is 50.5 Å². The first-order valence-corrected chi connectivity index (χ1v) is 6.41. The Balaban J connectivity index is 2.23. The van der Waals surface area contributed by atoms with Crippen LogP contribution in [0.1, 0.15) is 15.2 Å². The molecule has 0 aliphatic rings. The van der Waals surface area contributed by atoms with Gasteiger partial charge in [0.25, 0.3) is 5.91 Å². The van der Waals surface area contributed by atoms with Crippen molar-refractivity contribution < 1.29 is 9.72 Å². The molecular formula is C11H11N5O3S. The fraction of sp³-hybridized carbons (Fsp3) is 0.0909. The Kier molecular flexibility index (Phi) is 4.23. The molecule has 104 valence electrons. The van der Waals surface area contributed by atoms with Gasteiger partial charge in [-0.05, 0) is 12.1 Å². The van der Waals surface area contributed by atoms with Crippen LogP contribution in [-0.4, -0.2) is 15.8 Å². The first kappa shape index (κ1) is 13.9. The van der Waals surface area contributed by atoms with Gasteiger partial charge in [0.1, 0.15) is 11.3 Å². The predicted octanol–water partition coefficient (Wildman–Crippen LogP) is 1.27. The number of anilines is 1. The Hall–Kier alpha value is -2.52. The lowest BCUT2D eigenvalue weighted by atomic mass is 10.1. The van der Waals surface area contributed by atoms with E-state index in [0.717, 1.165) is 4.88 Å². The number of hydrogen-bond acceptors (Lipinski definition) is 7. The van der Waals surface area contributed by atoms with E-state index in [0.29, 0.717) is 0 Å². The molecule has 1 amide bonds. The highest BCUT2D eigenvalue weighted by molar-refractivity contribution is 7.09. The second kappa shape index (κ2) is 6.08. The van der Waals surface area contributed by atoms with E-state index in [1.54, 1.807) is 11.7 Å². The number of carbonyl (C=O) groups excluding carboxylic acids is 1. The number of thiazole rings is 1. The number of amides is 1. The Morgan fingerprint density at radius 3 is 2.90 bits per heavy atom. The maximum atomic E-state index is 12.0. The standard InChI is InChI=1S/C11H11N5O3S/c12-15-9-3-1-2-8(10(9)16(18)19)11(17)14-5-7-4-13-6-20-7/h1-4,6,15H,5,12H2,(H,14,17). The van der Waals surface area contributed by atoms with Crippen molar-refractivity contribution in [1.82, 2.24) is 10.3 Å². The molecule has 0 aliphatic carbocycles. The van der Waals surface area contributed by atoms with Crippen LogP contribution in [0.25, 0.3) is 0 Å². The molecular weight excluding hydrogens is 282 g/mol. The topological polar surface area (TPSA) is 123 Å². The smallest absolute Gasteiger partial charge is 0.306 e. The first-order valence-electron chi connectivity index (χ1n) is 5.53. The number of nitrogens with one attached hydrogen (secondary N) is 2. The van der Waals surface area contributed by atoms with Gasteiger partial charge in [0, 0.05) is 11.1 Å². The van der Waals surface area contributed by atoms with Crippen LogP contribution in [0.15, 0.2) is 29.9 Å². The minimum Gasteiger partial charge on any atom is -0.347 e. The molecule has 20 heavy (non-hydrogen) atoms. The molecule has 1 aromatic carbocycles. The van der Waals surface area contributed by atoms with Crippen molar-refractivity contribution in [3.8, 4) is 0 Å². The van der Waals surface area contributed by atoms with Gasteiger partial charge in [-0.1, -0.05) is 6.07 Å². The molecule has 0 saturated carbocycles. The highest BCUT2D eigenvalue weighted by Gasteiger charge is 2.23. The summed E-state index contributed by atoms with van der Waals surface area (Å²) in [6.45, 7) is 0.265. The fourth-order valence-corrected chi connectivity index (χ4v) is 2.17. The lowest BCUT2D eigenvalue weighted by molar-refractivity contribution is -0.384. The third kappa shape index (κ3) is 2.90. The molecule has 8 nitrogen and oxygen atoms in total. The number of nitro benzene ring substituents is 1. The minimum absolute atomic E-state index is 0.0463. The molecule has 0 saturated heterocycles. The van der Waals surface area contributed by atoms with Crippen molar-refractivity contribution in [2.24, 2.45) is 5.84 Å². The Labute approximate surface area is 117 Å². The van der Waals surface area contributed by atoms with Gasteiger partial charge in [-0.3, -0.25) is 25.7 Å². The maximum Gasteiger partial charge on any atom is 0.306 e. The van der Waals surface area contributed by atoms with Gasteiger partial charge in [-0.15, -0.1) is 11.3 Å². The molecule has 0 spiro atoms. The Morgan fingerprint density at radius 1 is 1.50 bits per heavy atom. The van der Waals surface area contributed by atoms with Crippen LogP contribution >= 0.6 is 11.3 Å². The normalized spacial score (nSPS) is 10.1. The number of hydrazine groups is 1. The summed E-state index contributed by atoms with van der Waals surface area (Å²) < 4.78 is 0. The molecule has 4 N–H and O–H groups in total. The highest BCUT2D eigenvalue weighted by atomic mass is 32.1. The van der Waals surface area contributed by atoms with E-state index in [9.17, 15) is 14.9 Å². The lowest BCUT2D eigenvalue weighted by Gasteiger charge is -2.07. The monoisotopic (exact) mass is 293 g/mol. The van der Waals surface area contributed by atoms with Crippen molar-refractivity contribution in [2.45, 2.75) is 6.54 Å². The number of aromatic nitrogens is 1. The minimum atomic E-state index is -0.642. The summed E-state index contributed by atoms with van der Waals surface area (Å²) in [4.78, 5) is 27.2. The number of nitrogens with zero attached hydrogens (tertiary/aromatic N) is 2. The van der Waals surface area contributed by atoms with Crippen molar-refractivity contribution >= 4 is 28.6 Å². The zero-order valence-corrected chi connectivity index (χ0v) is 11.0. The second-order valence-electron chi connectivity index (χ2n) is 3.75. The number of benzene rings is 1. The first-order chi connectivity index (χ1) is 9.63. The van der Waals surface area contributed by atoms with Gasteiger partial charge in [0.15, 0.2) is 0 Å². The van der Waals surface area contributed by atoms with E-state index in [2.05, 4.69) is 15.7 Å². The van der Waals surface area contributed by atoms with Gasteiger partial charge in [-0.2, -0.15) is 0 Å². The van der Waals surface area contributed by atoms with E-state index in [4.69, 9.17) is 5.84 Å². The summed E-state index contributed by atoms with van der Waals surface area (Å²) in [5, 5.41) is 13.7. The second-order valence-corrected chi connectivity index (χ2v) is 4.72. The van der Waals surface area contributed by atoms with Crippen LogP contribution in [0.2, 0.25) is 0 Å². The molecule has 0 unspecified atom stereocenters. The number of rotatable bonds is 5. The van der Waals surface area contributed by atoms with E-state index in [-0.39, 0.29) is 23.5 Å². The highest BCUT2D eigenvalue weighted by Crippen LogP contribution is 2.27. The summed E-state index contributed by atoms with van der Waals surface area (Å²) in [5.41, 5.74) is 3.54. The molecule has 1 heterocycles. The van der Waals surface area contributed by atoms with E-state index in [1.807, 2.05) is 0 Å². The number of carbonyl (C=O) groups is 1. The van der Waals surface area contributed by atoms with E-state index < -0.39 is 10.8 Å². The molecule has 0 aliphatic heterocycles. The number of hydrogen-bond donors (Lipinski definition) is 3. The van der Waals surface area contributed by atoms with Crippen molar-refractivity contribution in [1.29, 1.82) is 0 Å². The van der Waals surface area contributed by atoms with Crippen LogP contribution in [-0.2, 0) is 6.54 Å². The third-order valence-electron chi connectivity index (χ3n) is 2.53. The van der Waals surface area contributed by atoms with Gasteiger partial charge in [0.05, 0.1) is 17.0 Å². The summed E-state index contributed by atoms with van der Waals surface area (Å²) in [6, 6.07) is 4.32. The lowest BCUT2D eigenvalue weighted by Crippen LogP contribution is -2.24.